The van der Waals surface area contributed by atoms with E-state index in [1.807, 2.05) is 25.1 Å². The van der Waals surface area contributed by atoms with Crippen molar-refractivity contribution in [3.63, 3.8) is 0 Å². The Balaban J connectivity index is 2.32. The van der Waals surface area contributed by atoms with Crippen LogP contribution in [0.2, 0.25) is 0 Å². The number of carbonyl (C=O) groups is 2. The van der Waals surface area contributed by atoms with E-state index >= 15 is 0 Å². The second-order valence-electron chi connectivity index (χ2n) is 7.58. The summed E-state index contributed by atoms with van der Waals surface area (Å²) in [6.07, 6.45) is 6.34. The van der Waals surface area contributed by atoms with Crippen LogP contribution in [0.1, 0.15) is 59.8 Å². The van der Waals surface area contributed by atoms with E-state index in [4.69, 9.17) is 0 Å². The van der Waals surface area contributed by atoms with E-state index in [-0.39, 0.29) is 24.4 Å². The van der Waals surface area contributed by atoms with Crippen molar-refractivity contribution >= 4 is 17.5 Å². The molecule has 1 aromatic rings. The van der Waals surface area contributed by atoms with Gasteiger partial charge in [-0.05, 0) is 50.7 Å². The highest BCUT2D eigenvalue weighted by molar-refractivity contribution is 5.84. The molecule has 5 heteroatoms. The number of carbonyl (C=O) groups excluding carboxylic acids is 2. The number of unbranched alkanes of at least 4 members (excludes halogenated alkanes) is 1. The summed E-state index contributed by atoms with van der Waals surface area (Å²) in [5.74, 6) is 0.177. The Morgan fingerprint density at radius 1 is 1.04 bits per heavy atom. The number of hydrogen-bond donors (Lipinski definition) is 2. The maximum atomic E-state index is 12.0. The van der Waals surface area contributed by atoms with E-state index in [2.05, 4.69) is 61.6 Å². The summed E-state index contributed by atoms with van der Waals surface area (Å²) < 4.78 is 0. The van der Waals surface area contributed by atoms with Gasteiger partial charge in [-0.1, -0.05) is 45.0 Å². The lowest BCUT2D eigenvalue weighted by atomic mass is 10.1. The van der Waals surface area contributed by atoms with Crippen molar-refractivity contribution in [1.82, 2.24) is 10.6 Å². The number of amides is 2. The van der Waals surface area contributed by atoms with Gasteiger partial charge in [-0.2, -0.15) is 0 Å². The van der Waals surface area contributed by atoms with Gasteiger partial charge in [-0.3, -0.25) is 9.59 Å². The average Bonchev–Trinajstić information content (AvgIpc) is 2.68. The maximum absolute atomic E-state index is 12.0. The zero-order valence-electron chi connectivity index (χ0n) is 18.1. The van der Waals surface area contributed by atoms with Crippen LogP contribution in [0.4, 0.5) is 5.69 Å². The van der Waals surface area contributed by atoms with E-state index in [9.17, 15) is 9.59 Å². The summed E-state index contributed by atoms with van der Waals surface area (Å²) in [6.45, 7) is 8.27. The number of rotatable bonds is 12. The minimum Gasteiger partial charge on any atom is -0.352 e. The molecule has 0 aliphatic heterocycles. The van der Waals surface area contributed by atoms with Gasteiger partial charge in [0, 0.05) is 30.9 Å². The van der Waals surface area contributed by atoms with Gasteiger partial charge < -0.3 is 15.5 Å². The molecule has 2 N–H and O–H groups in total. The van der Waals surface area contributed by atoms with Crippen LogP contribution in [0.25, 0.3) is 0 Å². The number of hydrogen-bond acceptors (Lipinski definition) is 3. The summed E-state index contributed by atoms with van der Waals surface area (Å²) in [5.41, 5.74) is 2.44. The van der Waals surface area contributed by atoms with E-state index in [0.717, 1.165) is 25.7 Å². The van der Waals surface area contributed by atoms with Crippen molar-refractivity contribution < 1.29 is 9.59 Å². The number of para-hydroxylation sites is 1. The van der Waals surface area contributed by atoms with Gasteiger partial charge in [0.25, 0.3) is 0 Å². The molecule has 0 fully saturated rings. The maximum Gasteiger partial charge on any atom is 0.239 e. The van der Waals surface area contributed by atoms with Gasteiger partial charge in [0.1, 0.15) is 0 Å². The molecule has 5 nitrogen and oxygen atoms in total. The predicted octanol–water partition coefficient (Wildman–Crippen LogP) is 4.25. The Bertz CT molecular complexity index is 626. The summed E-state index contributed by atoms with van der Waals surface area (Å²) >= 11 is 0. The van der Waals surface area contributed by atoms with Gasteiger partial charge in [0.15, 0.2) is 0 Å². The van der Waals surface area contributed by atoms with E-state index in [1.165, 1.54) is 11.4 Å². The highest BCUT2D eigenvalue weighted by atomic mass is 16.2. The monoisotopic (exact) mass is 387 g/mol. The van der Waals surface area contributed by atoms with Crippen LogP contribution in [0.5, 0.6) is 0 Å². The molecule has 1 rings (SSSR count). The highest BCUT2D eigenvalue weighted by Gasteiger charge is 2.12. The second kappa shape index (κ2) is 13.0. The number of nitrogens with zero attached hydrogens (tertiary/aromatic N) is 1. The lowest BCUT2D eigenvalue weighted by Crippen LogP contribution is -2.42. The largest absolute Gasteiger partial charge is 0.352 e. The number of nitrogens with one attached hydrogen (secondary N) is 2. The van der Waals surface area contributed by atoms with Crippen LogP contribution in [0.3, 0.4) is 0 Å². The van der Waals surface area contributed by atoms with Crippen LogP contribution < -0.4 is 15.5 Å². The lowest BCUT2D eigenvalue weighted by Gasteiger charge is -2.23. The van der Waals surface area contributed by atoms with E-state index in [0.29, 0.717) is 12.3 Å². The van der Waals surface area contributed by atoms with Gasteiger partial charge in [-0.25, -0.2) is 0 Å². The Morgan fingerprint density at radius 2 is 1.68 bits per heavy atom. The third-order valence-corrected chi connectivity index (χ3v) is 4.94. The summed E-state index contributed by atoms with van der Waals surface area (Å²) in [5, 5.41) is 5.60. The minimum absolute atomic E-state index is 0.0492. The molecular weight excluding hydrogens is 350 g/mol. The van der Waals surface area contributed by atoms with Gasteiger partial charge in [-0.15, -0.1) is 0 Å². The molecule has 1 unspecified atom stereocenters. The molecule has 0 radical (unpaired) electrons. The van der Waals surface area contributed by atoms with Gasteiger partial charge >= 0.3 is 0 Å². The molecule has 0 bridgehead atoms. The van der Waals surface area contributed by atoms with Crippen molar-refractivity contribution in [2.45, 2.75) is 65.8 Å². The summed E-state index contributed by atoms with van der Waals surface area (Å²) in [7, 11) is 2.08. The first-order valence-corrected chi connectivity index (χ1v) is 10.4. The quantitative estimate of drug-likeness (QED) is 0.527. The number of anilines is 1. The smallest absolute Gasteiger partial charge is 0.239 e. The van der Waals surface area contributed by atoms with E-state index < -0.39 is 0 Å². The standard InChI is InChI=1S/C23H37N3O2/c1-6-12-20(26(5)21-13-8-7-9-14-21)15-10-11-16-22(27)24-17-23(28)25-19(4)18(2)3/h7-9,12-14,18-19H,6,10-11,15-17H2,1-5H3,(H,24,27)(H,25,28)/b20-12+. The molecule has 0 saturated heterocycles. The number of benzene rings is 1. The van der Waals surface area contributed by atoms with Crippen molar-refractivity contribution in [1.29, 1.82) is 0 Å². The normalized spacial score (nSPS) is 12.6. The van der Waals surface area contributed by atoms with Crippen molar-refractivity contribution in [3.05, 3.63) is 42.1 Å². The fraction of sp³-hybridized carbons (Fsp3) is 0.565. The molecule has 28 heavy (non-hydrogen) atoms. The Kier molecular flexibility index (Phi) is 11.0. The molecule has 0 heterocycles. The predicted molar refractivity (Wildman–Crippen MR) is 117 cm³/mol. The molecule has 0 aliphatic carbocycles. The zero-order valence-corrected chi connectivity index (χ0v) is 18.1. The molecule has 2 amide bonds. The number of allylic oxidation sites excluding steroid dienone is 2. The highest BCUT2D eigenvalue weighted by Crippen LogP contribution is 2.21. The third-order valence-electron chi connectivity index (χ3n) is 4.94. The molecule has 1 aromatic carbocycles. The van der Waals surface area contributed by atoms with Crippen molar-refractivity contribution in [2.24, 2.45) is 5.92 Å². The first-order valence-electron chi connectivity index (χ1n) is 10.4. The molecule has 0 saturated carbocycles. The minimum atomic E-state index is -0.132. The molecular formula is C23H37N3O2. The SMILES string of the molecule is CC/C=C(\CCCCC(=O)NCC(=O)NC(C)C(C)C)N(C)c1ccccc1. The second-order valence-corrected chi connectivity index (χ2v) is 7.58. The first-order chi connectivity index (χ1) is 13.3. The van der Waals surface area contributed by atoms with Crippen LogP contribution >= 0.6 is 0 Å². The molecule has 0 spiro atoms. The summed E-state index contributed by atoms with van der Waals surface area (Å²) in [6, 6.07) is 10.4. The summed E-state index contributed by atoms with van der Waals surface area (Å²) in [4.78, 5) is 26.0. The zero-order chi connectivity index (χ0) is 20.9. The molecule has 156 valence electrons. The van der Waals surface area contributed by atoms with Crippen LogP contribution in [-0.2, 0) is 9.59 Å². The Morgan fingerprint density at radius 3 is 2.29 bits per heavy atom. The fourth-order valence-electron chi connectivity index (χ4n) is 2.79. The lowest BCUT2D eigenvalue weighted by molar-refractivity contribution is -0.126. The van der Waals surface area contributed by atoms with Crippen LogP contribution in [0.15, 0.2) is 42.1 Å². The topological polar surface area (TPSA) is 61.4 Å². The molecule has 0 aromatic heterocycles. The third kappa shape index (κ3) is 9.07. The molecule has 1 atom stereocenters. The van der Waals surface area contributed by atoms with Crippen LogP contribution in [0, 0.1) is 5.92 Å². The van der Waals surface area contributed by atoms with E-state index in [1.54, 1.807) is 0 Å². The fourth-order valence-corrected chi connectivity index (χ4v) is 2.79. The van der Waals surface area contributed by atoms with Gasteiger partial charge in [0.05, 0.1) is 6.54 Å². The molecule has 0 aliphatic rings. The Hall–Kier alpha value is -2.30. The van der Waals surface area contributed by atoms with Crippen molar-refractivity contribution in [3.8, 4) is 0 Å². The van der Waals surface area contributed by atoms with Crippen LogP contribution in [-0.4, -0.2) is 31.4 Å². The Labute approximate surface area is 170 Å². The average molecular weight is 388 g/mol. The van der Waals surface area contributed by atoms with Gasteiger partial charge in [0.2, 0.25) is 11.8 Å². The van der Waals surface area contributed by atoms with Crippen molar-refractivity contribution in [2.75, 3.05) is 18.5 Å². The first kappa shape index (κ1) is 23.7.